The van der Waals surface area contributed by atoms with Crippen LogP contribution < -0.4 is 11.1 Å². The Balaban J connectivity index is 0.00000220. The molecule has 3 N–H and O–H groups in total. The first-order valence-corrected chi connectivity index (χ1v) is 8.06. The van der Waals surface area contributed by atoms with Crippen molar-refractivity contribution in [3.63, 3.8) is 0 Å². The highest BCUT2D eigenvalue weighted by Crippen LogP contribution is 2.49. The number of hydrogen-bond donors (Lipinski definition) is 2. The summed E-state index contributed by atoms with van der Waals surface area (Å²) in [5.74, 6) is -0.0614. The maximum absolute atomic E-state index is 12.4. The van der Waals surface area contributed by atoms with Crippen molar-refractivity contribution < 1.29 is 9.53 Å². The van der Waals surface area contributed by atoms with Gasteiger partial charge in [0, 0.05) is 25.0 Å². The van der Waals surface area contributed by atoms with E-state index in [1.807, 2.05) is 26.2 Å². The van der Waals surface area contributed by atoms with Crippen LogP contribution in [0.1, 0.15) is 32.8 Å². The van der Waals surface area contributed by atoms with Crippen LogP contribution in [0.5, 0.6) is 0 Å². The number of halogens is 1. The normalized spacial score (nSPS) is 26.6. The molecular weight excluding hydrogens is 308 g/mol. The van der Waals surface area contributed by atoms with Crippen LogP contribution in [-0.4, -0.2) is 30.7 Å². The fraction of sp³-hybridized carbons (Fsp3) is 0.667. The number of amides is 1. The lowest BCUT2D eigenvalue weighted by Crippen LogP contribution is -2.75. The molecule has 1 aromatic rings. The lowest BCUT2D eigenvalue weighted by molar-refractivity contribution is -0.170. The second-order valence-corrected chi connectivity index (χ2v) is 6.76. The van der Waals surface area contributed by atoms with E-state index in [0.29, 0.717) is 19.6 Å². The topological polar surface area (TPSA) is 64.3 Å². The molecule has 1 fully saturated rings. The van der Waals surface area contributed by atoms with Crippen molar-refractivity contribution in [1.82, 2.24) is 5.32 Å². The van der Waals surface area contributed by atoms with Crippen LogP contribution in [0.15, 0.2) is 16.8 Å². The van der Waals surface area contributed by atoms with Gasteiger partial charge in [0.2, 0.25) is 5.91 Å². The molecule has 0 saturated heterocycles. The Hall–Kier alpha value is -0.620. The third kappa shape index (κ3) is 3.42. The van der Waals surface area contributed by atoms with Gasteiger partial charge >= 0.3 is 0 Å². The number of carbonyl (C=O) groups is 1. The van der Waals surface area contributed by atoms with Crippen molar-refractivity contribution in [1.29, 1.82) is 0 Å². The number of rotatable bonds is 6. The van der Waals surface area contributed by atoms with Crippen molar-refractivity contribution in [2.75, 3.05) is 13.2 Å². The highest BCUT2D eigenvalue weighted by atomic mass is 35.5. The Bertz CT molecular complexity index is 464. The van der Waals surface area contributed by atoms with Crippen molar-refractivity contribution >= 4 is 29.7 Å². The quantitative estimate of drug-likeness (QED) is 0.840. The van der Waals surface area contributed by atoms with Gasteiger partial charge in [-0.15, -0.1) is 12.4 Å². The van der Waals surface area contributed by atoms with E-state index < -0.39 is 5.54 Å². The summed E-state index contributed by atoms with van der Waals surface area (Å²) in [6, 6.07) is 2.08. The molecule has 1 aliphatic rings. The number of ether oxygens (including phenoxy) is 1. The Kier molecular flexibility index (Phi) is 6.23. The van der Waals surface area contributed by atoms with Crippen LogP contribution >= 0.6 is 23.7 Å². The molecular formula is C15H25ClN2O2S. The zero-order valence-corrected chi connectivity index (χ0v) is 14.5. The van der Waals surface area contributed by atoms with Crippen molar-refractivity contribution in [2.24, 2.45) is 11.1 Å². The van der Waals surface area contributed by atoms with E-state index in [1.165, 1.54) is 5.56 Å². The molecule has 0 aromatic carbocycles. The third-order valence-electron chi connectivity index (χ3n) is 4.51. The predicted molar refractivity (Wildman–Crippen MR) is 89.0 cm³/mol. The lowest BCUT2D eigenvalue weighted by atomic mass is 9.54. The summed E-state index contributed by atoms with van der Waals surface area (Å²) in [6.45, 7) is 7.27. The van der Waals surface area contributed by atoms with Gasteiger partial charge in [-0.2, -0.15) is 11.3 Å². The van der Waals surface area contributed by atoms with E-state index in [4.69, 9.17) is 10.5 Å². The largest absolute Gasteiger partial charge is 0.378 e. The van der Waals surface area contributed by atoms with Gasteiger partial charge in [-0.25, -0.2) is 0 Å². The maximum Gasteiger partial charge on any atom is 0.240 e. The Morgan fingerprint density at radius 3 is 2.81 bits per heavy atom. The number of hydrogen-bond acceptors (Lipinski definition) is 4. The third-order valence-corrected chi connectivity index (χ3v) is 5.25. The van der Waals surface area contributed by atoms with Crippen LogP contribution in [0.25, 0.3) is 0 Å². The molecule has 1 heterocycles. The molecule has 2 rings (SSSR count). The van der Waals surface area contributed by atoms with E-state index in [-0.39, 0.29) is 29.8 Å². The number of nitrogens with one attached hydrogen (secondary N) is 1. The fourth-order valence-electron chi connectivity index (χ4n) is 2.73. The van der Waals surface area contributed by atoms with Crippen LogP contribution in [0, 0.1) is 5.41 Å². The van der Waals surface area contributed by atoms with E-state index in [2.05, 4.69) is 16.8 Å². The summed E-state index contributed by atoms with van der Waals surface area (Å²) in [4.78, 5) is 12.4. The highest BCUT2D eigenvalue weighted by Gasteiger charge is 2.62. The van der Waals surface area contributed by atoms with Gasteiger partial charge in [-0.05, 0) is 35.7 Å². The minimum Gasteiger partial charge on any atom is -0.378 e. The minimum absolute atomic E-state index is 0. The maximum atomic E-state index is 12.4. The van der Waals surface area contributed by atoms with Crippen LogP contribution in [0.4, 0.5) is 0 Å². The minimum atomic E-state index is -0.818. The molecule has 120 valence electrons. The second kappa shape index (κ2) is 7.09. The summed E-state index contributed by atoms with van der Waals surface area (Å²) in [5, 5.41) is 7.11. The van der Waals surface area contributed by atoms with Gasteiger partial charge < -0.3 is 15.8 Å². The molecule has 2 atom stereocenters. The van der Waals surface area contributed by atoms with E-state index in [1.54, 1.807) is 11.3 Å². The van der Waals surface area contributed by atoms with Gasteiger partial charge in [0.1, 0.15) is 5.54 Å². The number of thiophene rings is 1. The van der Waals surface area contributed by atoms with Gasteiger partial charge in [-0.3, -0.25) is 4.79 Å². The van der Waals surface area contributed by atoms with Crippen molar-refractivity contribution in [2.45, 2.75) is 45.3 Å². The van der Waals surface area contributed by atoms with Gasteiger partial charge in [0.15, 0.2) is 0 Å². The summed E-state index contributed by atoms with van der Waals surface area (Å²) >= 11 is 1.67. The van der Waals surface area contributed by atoms with E-state index in [9.17, 15) is 4.79 Å². The summed E-state index contributed by atoms with van der Waals surface area (Å²) in [5.41, 5.74) is 6.42. The molecule has 4 nitrogen and oxygen atoms in total. The van der Waals surface area contributed by atoms with E-state index in [0.717, 1.165) is 6.42 Å². The van der Waals surface area contributed by atoms with Crippen molar-refractivity contribution in [3.8, 4) is 0 Å². The lowest BCUT2D eigenvalue weighted by Gasteiger charge is -2.57. The number of carbonyl (C=O) groups excluding carboxylic acids is 1. The Morgan fingerprint density at radius 2 is 2.29 bits per heavy atom. The molecule has 6 heteroatoms. The average molecular weight is 333 g/mol. The zero-order chi connectivity index (χ0) is 14.8. The molecule has 0 spiro atoms. The first-order valence-electron chi connectivity index (χ1n) is 7.11. The molecule has 1 aromatic heterocycles. The van der Waals surface area contributed by atoms with Crippen LogP contribution in [-0.2, 0) is 16.0 Å². The van der Waals surface area contributed by atoms with Gasteiger partial charge in [0.25, 0.3) is 0 Å². The second-order valence-electron chi connectivity index (χ2n) is 5.98. The first-order chi connectivity index (χ1) is 9.41. The van der Waals surface area contributed by atoms with E-state index >= 15 is 0 Å². The summed E-state index contributed by atoms with van der Waals surface area (Å²) < 4.78 is 5.64. The molecule has 2 unspecified atom stereocenters. The fourth-order valence-corrected chi connectivity index (χ4v) is 3.44. The molecule has 1 amide bonds. The van der Waals surface area contributed by atoms with Gasteiger partial charge in [-0.1, -0.05) is 13.8 Å². The Morgan fingerprint density at radius 1 is 1.57 bits per heavy atom. The summed E-state index contributed by atoms with van der Waals surface area (Å²) in [7, 11) is 0. The van der Waals surface area contributed by atoms with Crippen LogP contribution in [0.2, 0.25) is 0 Å². The molecule has 0 aliphatic heterocycles. The standard InChI is InChI=1S/C15H24N2O2S.ClH/c1-4-19-12-9-15(16,14(12,2)3)13(18)17-7-5-11-6-8-20-10-11;/h6,8,10,12H,4-5,7,9,16H2,1-3H3,(H,17,18);1H. The molecule has 21 heavy (non-hydrogen) atoms. The first kappa shape index (κ1) is 18.4. The summed E-state index contributed by atoms with van der Waals surface area (Å²) in [6.07, 6.45) is 1.51. The highest BCUT2D eigenvalue weighted by molar-refractivity contribution is 7.07. The molecule has 1 aliphatic carbocycles. The van der Waals surface area contributed by atoms with Gasteiger partial charge in [0.05, 0.1) is 6.10 Å². The SMILES string of the molecule is CCOC1CC(N)(C(=O)NCCc2ccsc2)C1(C)C.Cl. The number of nitrogens with two attached hydrogens (primary N) is 1. The molecule has 0 bridgehead atoms. The van der Waals surface area contributed by atoms with Crippen molar-refractivity contribution in [3.05, 3.63) is 22.4 Å². The van der Waals surface area contributed by atoms with Crippen LogP contribution in [0.3, 0.4) is 0 Å². The molecule has 0 radical (unpaired) electrons. The zero-order valence-electron chi connectivity index (χ0n) is 12.8. The predicted octanol–water partition coefficient (Wildman–Crippen LogP) is 2.36. The smallest absolute Gasteiger partial charge is 0.240 e. The average Bonchev–Trinajstić information content (AvgIpc) is 2.91. The monoisotopic (exact) mass is 332 g/mol. The Labute approximate surface area is 136 Å². The molecule has 1 saturated carbocycles.